The van der Waals surface area contributed by atoms with E-state index in [4.69, 9.17) is 20.3 Å². The van der Waals surface area contributed by atoms with Gasteiger partial charge in [0.1, 0.15) is 0 Å². The number of amidine groups is 1. The van der Waals surface area contributed by atoms with Gasteiger partial charge in [0.05, 0.1) is 25.9 Å². The van der Waals surface area contributed by atoms with Gasteiger partial charge < -0.3 is 25.6 Å². The van der Waals surface area contributed by atoms with Gasteiger partial charge >= 0.3 is 5.97 Å². The van der Waals surface area contributed by atoms with E-state index in [0.717, 1.165) is 24.8 Å². The van der Waals surface area contributed by atoms with E-state index in [0.29, 0.717) is 6.54 Å². The van der Waals surface area contributed by atoms with Gasteiger partial charge in [0.2, 0.25) is 0 Å². The van der Waals surface area contributed by atoms with Gasteiger partial charge in [0.25, 0.3) is 0 Å². The minimum atomic E-state index is -1.28. The number of aliphatic carboxylic acids is 1. The molecule has 0 spiro atoms. The number of aryl methyl sites for hydroxylation is 1. The minimum absolute atomic E-state index is 0.0340. The number of carbonyl (C=O) groups is 1. The van der Waals surface area contributed by atoms with Crippen LogP contribution in [0.25, 0.3) is 0 Å². The maximum absolute atomic E-state index is 11.1. The molecule has 1 aliphatic heterocycles. The van der Waals surface area contributed by atoms with Gasteiger partial charge in [-0.1, -0.05) is 36.4 Å². The summed E-state index contributed by atoms with van der Waals surface area (Å²) in [4.78, 5) is 15.6. The van der Waals surface area contributed by atoms with Crippen LogP contribution in [0.2, 0.25) is 0 Å². The normalized spacial score (nSPS) is 21.2. The lowest BCUT2D eigenvalue weighted by atomic mass is 9.98. The molecule has 7 heteroatoms. The second-order valence-corrected chi connectivity index (χ2v) is 6.38. The summed E-state index contributed by atoms with van der Waals surface area (Å²) in [6, 6.07) is 8.35. The van der Waals surface area contributed by atoms with Crippen molar-refractivity contribution in [2.45, 2.75) is 38.4 Å². The maximum atomic E-state index is 11.1. The smallest absolute Gasteiger partial charge is 0.355 e. The van der Waals surface area contributed by atoms with Crippen LogP contribution in [-0.4, -0.2) is 36.7 Å². The highest BCUT2D eigenvalue weighted by Crippen LogP contribution is 2.31. The summed E-state index contributed by atoms with van der Waals surface area (Å²) in [5.41, 5.74) is 7.54. The number of benzene rings is 1. The number of aliphatic imine (C=N–C) groups is 1. The van der Waals surface area contributed by atoms with Crippen molar-refractivity contribution in [1.29, 1.82) is 0 Å². The first-order valence-electron chi connectivity index (χ1n) is 8.87. The lowest BCUT2D eigenvalue weighted by Crippen LogP contribution is -2.30. The Hall–Kier alpha value is -2.80. The van der Waals surface area contributed by atoms with Gasteiger partial charge in [-0.3, -0.25) is 4.99 Å². The Balaban J connectivity index is 2.12. The van der Waals surface area contributed by atoms with Crippen molar-refractivity contribution in [3.05, 3.63) is 59.6 Å². The first-order chi connectivity index (χ1) is 13.0. The van der Waals surface area contributed by atoms with Gasteiger partial charge in [0.15, 0.2) is 17.3 Å². The zero-order chi connectivity index (χ0) is 19.8. The highest BCUT2D eigenvalue weighted by molar-refractivity contribution is 6.03. The second kappa shape index (κ2) is 9.78. The largest absolute Gasteiger partial charge is 0.491 e. The van der Waals surface area contributed by atoms with E-state index in [9.17, 15) is 4.79 Å². The van der Waals surface area contributed by atoms with Gasteiger partial charge in [0, 0.05) is 0 Å². The van der Waals surface area contributed by atoms with Crippen molar-refractivity contribution in [1.82, 2.24) is 5.32 Å². The fourth-order valence-electron chi connectivity index (χ4n) is 2.96. The van der Waals surface area contributed by atoms with Crippen LogP contribution in [0.1, 0.15) is 36.5 Å². The van der Waals surface area contributed by atoms with Crippen LogP contribution >= 0.6 is 0 Å². The molecule has 146 valence electrons. The molecule has 1 fully saturated rings. The molecule has 1 aliphatic rings. The number of hydrogen-bond donors (Lipinski definition) is 3. The third-order valence-corrected chi connectivity index (χ3v) is 4.38. The molecule has 0 unspecified atom stereocenters. The number of hydrogen-bond acceptors (Lipinski definition) is 5. The molecule has 0 aromatic heterocycles. The Morgan fingerprint density at radius 1 is 1.44 bits per heavy atom. The van der Waals surface area contributed by atoms with E-state index < -0.39 is 11.7 Å². The Morgan fingerprint density at radius 2 is 2.15 bits per heavy atom. The van der Waals surface area contributed by atoms with Gasteiger partial charge in [-0.2, -0.15) is 0 Å². The summed E-state index contributed by atoms with van der Waals surface area (Å²) >= 11 is 0. The summed E-state index contributed by atoms with van der Waals surface area (Å²) in [5.74, 6) is -1.10. The van der Waals surface area contributed by atoms with Crippen molar-refractivity contribution in [2.75, 3.05) is 13.7 Å². The first-order valence-corrected chi connectivity index (χ1v) is 8.87. The van der Waals surface area contributed by atoms with E-state index in [1.54, 1.807) is 0 Å². The van der Waals surface area contributed by atoms with E-state index in [1.807, 2.05) is 0 Å². The van der Waals surface area contributed by atoms with Gasteiger partial charge in [-0.05, 0) is 37.9 Å². The third-order valence-electron chi connectivity index (χ3n) is 4.38. The SMILES string of the molecule is C=CNC(=NC[C@H]1CCC[C@@H](c2ccc(C)cc2)O1)/C(OC)=C(\N)C(=O)O. The molecular weight excluding hydrogens is 346 g/mol. The van der Waals surface area contributed by atoms with E-state index in [2.05, 4.69) is 48.1 Å². The van der Waals surface area contributed by atoms with Crippen LogP contribution < -0.4 is 11.1 Å². The lowest BCUT2D eigenvalue weighted by Gasteiger charge is -2.29. The predicted molar refractivity (Wildman–Crippen MR) is 104 cm³/mol. The summed E-state index contributed by atoms with van der Waals surface area (Å²) in [7, 11) is 1.34. The summed E-state index contributed by atoms with van der Waals surface area (Å²) in [5, 5.41) is 11.9. The van der Waals surface area contributed by atoms with Crippen molar-refractivity contribution in [2.24, 2.45) is 10.7 Å². The summed E-state index contributed by atoms with van der Waals surface area (Å²) < 4.78 is 11.3. The topological polar surface area (TPSA) is 106 Å². The molecule has 0 radical (unpaired) electrons. The van der Waals surface area contributed by atoms with Gasteiger partial charge in [-0.25, -0.2) is 4.79 Å². The average molecular weight is 373 g/mol. The molecule has 1 heterocycles. The zero-order valence-electron chi connectivity index (χ0n) is 15.8. The number of carboxylic acid groups (broad SMARTS) is 1. The molecule has 0 bridgehead atoms. The van der Waals surface area contributed by atoms with Crippen LogP contribution in [0.5, 0.6) is 0 Å². The molecule has 1 saturated heterocycles. The minimum Gasteiger partial charge on any atom is -0.491 e. The number of ether oxygens (including phenoxy) is 2. The van der Waals surface area contributed by atoms with E-state index in [-0.39, 0.29) is 23.8 Å². The van der Waals surface area contributed by atoms with Crippen molar-refractivity contribution < 1.29 is 19.4 Å². The van der Waals surface area contributed by atoms with Crippen molar-refractivity contribution >= 4 is 11.8 Å². The predicted octanol–water partition coefficient (Wildman–Crippen LogP) is 2.64. The van der Waals surface area contributed by atoms with Gasteiger partial charge in [-0.15, -0.1) is 0 Å². The summed E-state index contributed by atoms with van der Waals surface area (Å²) in [6.07, 6.45) is 4.24. The second-order valence-electron chi connectivity index (χ2n) is 6.38. The quantitative estimate of drug-likeness (QED) is 0.294. The summed E-state index contributed by atoms with van der Waals surface area (Å²) in [6.45, 7) is 6.00. The van der Waals surface area contributed by atoms with Crippen LogP contribution in [-0.2, 0) is 14.3 Å². The Kier molecular flexibility index (Phi) is 7.43. The molecule has 1 aromatic carbocycles. The first kappa shape index (κ1) is 20.5. The fraction of sp³-hybridized carbons (Fsp3) is 0.400. The molecule has 0 saturated carbocycles. The molecule has 7 nitrogen and oxygen atoms in total. The number of nitrogens with two attached hydrogens (primary N) is 1. The molecule has 4 N–H and O–H groups in total. The van der Waals surface area contributed by atoms with Crippen LogP contribution in [0.15, 0.2) is 53.5 Å². The lowest BCUT2D eigenvalue weighted by molar-refractivity contribution is -0.132. The van der Waals surface area contributed by atoms with E-state index in [1.165, 1.54) is 18.9 Å². The molecule has 27 heavy (non-hydrogen) atoms. The Bertz CT molecular complexity index is 725. The molecule has 2 rings (SSSR count). The zero-order valence-corrected chi connectivity index (χ0v) is 15.8. The average Bonchev–Trinajstić information content (AvgIpc) is 2.67. The fourth-order valence-corrected chi connectivity index (χ4v) is 2.96. The molecule has 1 aromatic rings. The standard InChI is InChI=1S/C20H27N3O4/c1-4-22-19(18(26-3)17(21)20(24)25)23-12-15-6-5-7-16(27-15)14-10-8-13(2)9-11-14/h4,8-11,15-16H,1,5-7,12,21H2,2-3H3,(H,22,23)(H,24,25)/b18-17+/t15-,16+/m1/s1. The monoisotopic (exact) mass is 373 g/mol. The number of nitrogens with one attached hydrogen (secondary N) is 1. The van der Waals surface area contributed by atoms with Crippen molar-refractivity contribution in [3.63, 3.8) is 0 Å². The highest BCUT2D eigenvalue weighted by atomic mass is 16.5. The van der Waals surface area contributed by atoms with Crippen LogP contribution in [0, 0.1) is 6.92 Å². The molecule has 0 amide bonds. The molecular formula is C20H27N3O4. The molecule has 2 atom stereocenters. The maximum Gasteiger partial charge on any atom is 0.355 e. The number of methoxy groups -OCH3 is 1. The highest BCUT2D eigenvalue weighted by Gasteiger charge is 2.24. The number of carboxylic acids is 1. The Labute approximate surface area is 159 Å². The van der Waals surface area contributed by atoms with E-state index >= 15 is 0 Å². The molecule has 0 aliphatic carbocycles. The third kappa shape index (κ3) is 5.59. The van der Waals surface area contributed by atoms with Crippen molar-refractivity contribution in [3.8, 4) is 0 Å². The Morgan fingerprint density at radius 3 is 2.74 bits per heavy atom. The number of rotatable bonds is 7. The number of nitrogens with zero attached hydrogens (tertiary/aromatic N) is 1. The van der Waals surface area contributed by atoms with Crippen LogP contribution in [0.3, 0.4) is 0 Å². The van der Waals surface area contributed by atoms with Crippen LogP contribution in [0.4, 0.5) is 0 Å².